The summed E-state index contributed by atoms with van der Waals surface area (Å²) in [4.78, 5) is 0.197. The summed E-state index contributed by atoms with van der Waals surface area (Å²) >= 11 is 0. The highest BCUT2D eigenvalue weighted by atomic mass is 35.5. The summed E-state index contributed by atoms with van der Waals surface area (Å²) in [6, 6.07) is 5.03. The zero-order chi connectivity index (χ0) is 11.6. The summed E-state index contributed by atoms with van der Waals surface area (Å²) in [5, 5.41) is 3.14. The lowest BCUT2D eigenvalue weighted by atomic mass is 10.3. The zero-order valence-electron chi connectivity index (χ0n) is 9.23. The van der Waals surface area contributed by atoms with Crippen molar-refractivity contribution in [1.82, 2.24) is 5.32 Å². The van der Waals surface area contributed by atoms with Crippen LogP contribution in [-0.2, 0) is 9.84 Å². The van der Waals surface area contributed by atoms with Crippen molar-refractivity contribution >= 4 is 22.2 Å². The third-order valence-corrected chi connectivity index (χ3v) is 4.59. The van der Waals surface area contributed by atoms with Gasteiger partial charge in [0.2, 0.25) is 0 Å². The summed E-state index contributed by atoms with van der Waals surface area (Å²) in [5.41, 5.74) is 0. The summed E-state index contributed by atoms with van der Waals surface area (Å²) in [6.07, 6.45) is 1.91. The van der Waals surface area contributed by atoms with Crippen LogP contribution >= 0.6 is 12.4 Å². The van der Waals surface area contributed by atoms with Crippen LogP contribution in [0.15, 0.2) is 29.2 Å². The molecular weight excluding hydrogens is 265 g/mol. The number of nitrogens with one attached hydrogen (secondary N) is 1. The van der Waals surface area contributed by atoms with Crippen LogP contribution in [0.4, 0.5) is 4.39 Å². The third kappa shape index (κ3) is 3.66. The van der Waals surface area contributed by atoms with E-state index in [9.17, 15) is 12.8 Å². The Morgan fingerprint density at radius 2 is 1.94 bits per heavy atom. The number of sulfone groups is 1. The minimum Gasteiger partial charge on any atom is -0.313 e. The summed E-state index contributed by atoms with van der Waals surface area (Å²) in [7, 11) is -3.29. The van der Waals surface area contributed by atoms with E-state index in [0.29, 0.717) is 0 Å². The lowest BCUT2D eigenvalue weighted by molar-refractivity contribution is 0.576. The van der Waals surface area contributed by atoms with Crippen LogP contribution in [0, 0.1) is 5.82 Å². The largest absolute Gasteiger partial charge is 0.313 e. The molecule has 1 saturated heterocycles. The molecule has 96 valence electrons. The van der Waals surface area contributed by atoms with E-state index >= 15 is 0 Å². The Morgan fingerprint density at radius 1 is 1.29 bits per heavy atom. The Morgan fingerprint density at radius 3 is 2.47 bits per heavy atom. The average Bonchev–Trinajstić information content (AvgIpc) is 2.70. The van der Waals surface area contributed by atoms with Gasteiger partial charge < -0.3 is 5.32 Å². The molecule has 0 aromatic heterocycles. The lowest BCUT2D eigenvalue weighted by Gasteiger charge is -2.10. The van der Waals surface area contributed by atoms with Gasteiger partial charge in [0.05, 0.1) is 10.6 Å². The van der Waals surface area contributed by atoms with Crippen molar-refractivity contribution in [3.05, 3.63) is 30.1 Å². The van der Waals surface area contributed by atoms with Crippen molar-refractivity contribution in [2.75, 3.05) is 12.3 Å². The molecule has 1 aliphatic rings. The van der Waals surface area contributed by atoms with E-state index in [2.05, 4.69) is 5.32 Å². The molecule has 1 N–H and O–H groups in total. The highest BCUT2D eigenvalue weighted by Gasteiger charge is 2.23. The van der Waals surface area contributed by atoms with E-state index in [1.165, 1.54) is 24.3 Å². The molecule has 1 aromatic rings. The molecular formula is C11H15ClFNO2S. The maximum absolute atomic E-state index is 12.7. The minimum absolute atomic E-state index is 0. The van der Waals surface area contributed by atoms with Gasteiger partial charge in [-0.25, -0.2) is 12.8 Å². The quantitative estimate of drug-likeness (QED) is 0.858. The predicted octanol–water partition coefficient (Wildman–Crippen LogP) is 1.77. The van der Waals surface area contributed by atoms with Crippen LogP contribution in [0.5, 0.6) is 0 Å². The second-order valence-electron chi connectivity index (χ2n) is 4.03. The number of hydrogen-bond acceptors (Lipinski definition) is 3. The van der Waals surface area contributed by atoms with Gasteiger partial charge >= 0.3 is 0 Å². The van der Waals surface area contributed by atoms with Gasteiger partial charge in [-0.3, -0.25) is 0 Å². The van der Waals surface area contributed by atoms with Gasteiger partial charge in [-0.1, -0.05) is 0 Å². The summed E-state index contributed by atoms with van der Waals surface area (Å²) in [5.74, 6) is -0.323. The molecule has 0 saturated carbocycles. The van der Waals surface area contributed by atoms with E-state index in [4.69, 9.17) is 0 Å². The Bertz CT molecular complexity index is 455. The first kappa shape index (κ1) is 14.4. The van der Waals surface area contributed by atoms with Crippen molar-refractivity contribution in [3.63, 3.8) is 0 Å². The SMILES string of the molecule is Cl.O=S(=O)(CC1CCCN1)c1ccc(F)cc1. The van der Waals surface area contributed by atoms with Crippen LogP contribution in [0.3, 0.4) is 0 Å². The Balaban J connectivity index is 0.00000144. The fourth-order valence-electron chi connectivity index (χ4n) is 1.90. The normalized spacial score (nSPS) is 19.9. The van der Waals surface area contributed by atoms with E-state index < -0.39 is 15.7 Å². The van der Waals surface area contributed by atoms with Crippen molar-refractivity contribution in [3.8, 4) is 0 Å². The van der Waals surface area contributed by atoms with Crippen LogP contribution in [0.25, 0.3) is 0 Å². The molecule has 0 amide bonds. The first-order valence-electron chi connectivity index (χ1n) is 5.30. The topological polar surface area (TPSA) is 46.2 Å². The van der Waals surface area contributed by atoms with Gasteiger partial charge in [-0.2, -0.15) is 0 Å². The highest BCUT2D eigenvalue weighted by Crippen LogP contribution is 2.16. The van der Waals surface area contributed by atoms with Crippen LogP contribution in [-0.4, -0.2) is 26.8 Å². The fourth-order valence-corrected chi connectivity index (χ4v) is 3.46. The molecule has 0 spiro atoms. The number of benzene rings is 1. The number of hydrogen-bond donors (Lipinski definition) is 1. The lowest BCUT2D eigenvalue weighted by Crippen LogP contribution is -2.29. The molecule has 1 aromatic carbocycles. The molecule has 1 atom stereocenters. The van der Waals surface area contributed by atoms with Gasteiger partial charge in [-0.05, 0) is 43.7 Å². The van der Waals surface area contributed by atoms with Gasteiger partial charge in [0.1, 0.15) is 5.82 Å². The first-order valence-corrected chi connectivity index (χ1v) is 6.95. The van der Waals surface area contributed by atoms with Crippen LogP contribution in [0.1, 0.15) is 12.8 Å². The molecule has 0 radical (unpaired) electrons. The van der Waals surface area contributed by atoms with E-state index in [1.54, 1.807) is 0 Å². The predicted molar refractivity (Wildman–Crippen MR) is 66.7 cm³/mol. The standard InChI is InChI=1S/C11H14FNO2S.ClH/c12-9-3-5-11(6-4-9)16(14,15)8-10-2-1-7-13-10;/h3-6,10,13H,1-2,7-8H2;1H. The monoisotopic (exact) mass is 279 g/mol. The second-order valence-corrected chi connectivity index (χ2v) is 6.06. The molecule has 6 heteroatoms. The Kier molecular flexibility index (Phi) is 4.91. The van der Waals surface area contributed by atoms with Gasteiger partial charge in [-0.15, -0.1) is 12.4 Å². The molecule has 2 rings (SSSR count). The van der Waals surface area contributed by atoms with Gasteiger partial charge in [0, 0.05) is 6.04 Å². The Hall–Kier alpha value is -0.650. The molecule has 1 unspecified atom stereocenters. The molecule has 1 fully saturated rings. The Labute approximate surface area is 107 Å². The molecule has 17 heavy (non-hydrogen) atoms. The molecule has 1 aliphatic heterocycles. The first-order chi connectivity index (χ1) is 7.58. The minimum atomic E-state index is -3.29. The van der Waals surface area contributed by atoms with Crippen molar-refractivity contribution < 1.29 is 12.8 Å². The highest BCUT2D eigenvalue weighted by molar-refractivity contribution is 7.91. The van der Waals surface area contributed by atoms with Crippen molar-refractivity contribution in [1.29, 1.82) is 0 Å². The van der Waals surface area contributed by atoms with Crippen molar-refractivity contribution in [2.24, 2.45) is 0 Å². The molecule has 0 bridgehead atoms. The molecule has 1 heterocycles. The van der Waals surface area contributed by atoms with Crippen LogP contribution < -0.4 is 5.32 Å². The molecule has 3 nitrogen and oxygen atoms in total. The summed E-state index contributed by atoms with van der Waals surface area (Å²) in [6.45, 7) is 0.879. The van der Waals surface area contributed by atoms with Crippen molar-refractivity contribution in [2.45, 2.75) is 23.8 Å². The van der Waals surface area contributed by atoms with E-state index in [0.717, 1.165) is 19.4 Å². The zero-order valence-corrected chi connectivity index (χ0v) is 10.9. The fraction of sp³-hybridized carbons (Fsp3) is 0.455. The summed E-state index contributed by atoms with van der Waals surface area (Å²) < 4.78 is 36.5. The molecule has 0 aliphatic carbocycles. The van der Waals surface area contributed by atoms with E-state index in [-0.39, 0.29) is 29.1 Å². The van der Waals surface area contributed by atoms with Gasteiger partial charge in [0.15, 0.2) is 9.84 Å². The van der Waals surface area contributed by atoms with E-state index in [1.807, 2.05) is 0 Å². The average molecular weight is 280 g/mol. The third-order valence-electron chi connectivity index (χ3n) is 2.76. The smallest absolute Gasteiger partial charge is 0.179 e. The van der Waals surface area contributed by atoms with Crippen LogP contribution in [0.2, 0.25) is 0 Å². The maximum atomic E-state index is 12.7. The van der Waals surface area contributed by atoms with Gasteiger partial charge in [0.25, 0.3) is 0 Å². The second kappa shape index (κ2) is 5.80. The number of halogens is 2. The number of rotatable bonds is 3. The maximum Gasteiger partial charge on any atom is 0.179 e.